The average Bonchev–Trinajstić information content (AvgIpc) is 3.07. The molecule has 0 bridgehead atoms. The Morgan fingerprint density at radius 2 is 2.08 bits per heavy atom. The normalized spacial score (nSPS) is 17.3. The van der Waals surface area contributed by atoms with Crippen LogP contribution in [-0.4, -0.2) is 50.1 Å². The molecular weight excluding hydrogens is 358 g/mol. The third-order valence-electron chi connectivity index (χ3n) is 4.41. The van der Waals surface area contributed by atoms with E-state index in [-0.39, 0.29) is 11.4 Å². The van der Waals surface area contributed by atoms with E-state index in [1.807, 2.05) is 6.92 Å². The largest absolute Gasteiger partial charge is 0.481 e. The lowest BCUT2D eigenvalue weighted by atomic mass is 10.1. The molecule has 0 radical (unpaired) electrons. The molecular formula is C17H25N3O5S. The van der Waals surface area contributed by atoms with Gasteiger partial charge in [0.25, 0.3) is 0 Å². The lowest BCUT2D eigenvalue weighted by Crippen LogP contribution is -2.34. The Morgan fingerprint density at radius 3 is 2.69 bits per heavy atom. The molecule has 1 fully saturated rings. The second-order valence-corrected chi connectivity index (χ2v) is 8.20. The van der Waals surface area contributed by atoms with Crippen molar-refractivity contribution in [2.75, 3.05) is 25.0 Å². The van der Waals surface area contributed by atoms with Crippen LogP contribution in [0.5, 0.6) is 0 Å². The quantitative estimate of drug-likeness (QED) is 0.623. The molecule has 8 nitrogen and oxygen atoms in total. The number of urea groups is 1. The smallest absolute Gasteiger partial charge is 0.321 e. The lowest BCUT2D eigenvalue weighted by Gasteiger charge is -2.18. The Hall–Kier alpha value is -2.13. The number of anilines is 1. The molecule has 1 aromatic carbocycles. The summed E-state index contributed by atoms with van der Waals surface area (Å²) in [6.45, 7) is 4.61. The molecule has 1 unspecified atom stereocenters. The highest BCUT2D eigenvalue weighted by molar-refractivity contribution is 7.89. The number of sulfonamides is 1. The summed E-state index contributed by atoms with van der Waals surface area (Å²) in [5.74, 6) is -1.47. The van der Waals surface area contributed by atoms with Crippen LogP contribution in [0.1, 0.15) is 31.7 Å². The van der Waals surface area contributed by atoms with Gasteiger partial charge < -0.3 is 15.3 Å². The first-order valence-electron chi connectivity index (χ1n) is 8.63. The number of carbonyl (C=O) groups excluding carboxylic acids is 1. The van der Waals surface area contributed by atoms with Crippen molar-refractivity contribution in [1.82, 2.24) is 9.62 Å². The number of aryl methyl sites for hydroxylation is 1. The van der Waals surface area contributed by atoms with E-state index in [9.17, 15) is 18.0 Å². The fraction of sp³-hybridized carbons (Fsp3) is 0.529. The fourth-order valence-corrected chi connectivity index (χ4v) is 3.81. The van der Waals surface area contributed by atoms with Crippen molar-refractivity contribution in [3.8, 4) is 0 Å². The van der Waals surface area contributed by atoms with Crippen LogP contribution in [-0.2, 0) is 14.8 Å². The summed E-state index contributed by atoms with van der Waals surface area (Å²) >= 11 is 0. The van der Waals surface area contributed by atoms with E-state index in [2.05, 4.69) is 10.0 Å². The molecule has 0 saturated carbocycles. The van der Waals surface area contributed by atoms with Crippen molar-refractivity contribution < 1.29 is 23.1 Å². The standard InChI is InChI=1S/C17H25N3O5S/c1-3-4-8-18-26(24,25)14-6-5-12(2)15(10-14)19-17(23)20-9-7-13(11-20)16(21)22/h5-6,10,13,18H,3-4,7-9,11H2,1-2H3,(H,19,23)(H,21,22). The number of hydrogen-bond acceptors (Lipinski definition) is 4. The number of likely N-dealkylation sites (tertiary alicyclic amines) is 1. The van der Waals surface area contributed by atoms with Gasteiger partial charge in [0.15, 0.2) is 0 Å². The average molecular weight is 383 g/mol. The molecule has 1 aliphatic rings. The summed E-state index contributed by atoms with van der Waals surface area (Å²) in [6, 6.07) is 4.13. The molecule has 1 heterocycles. The van der Waals surface area contributed by atoms with Gasteiger partial charge in [-0.1, -0.05) is 19.4 Å². The molecule has 2 rings (SSSR count). The van der Waals surface area contributed by atoms with Crippen LogP contribution in [0.25, 0.3) is 0 Å². The molecule has 1 aliphatic heterocycles. The van der Waals surface area contributed by atoms with Crippen LogP contribution < -0.4 is 10.0 Å². The second-order valence-electron chi connectivity index (χ2n) is 6.43. The Kier molecular flexibility index (Phi) is 6.60. The molecule has 144 valence electrons. The molecule has 1 aromatic rings. The molecule has 0 aliphatic carbocycles. The molecule has 3 N–H and O–H groups in total. The summed E-state index contributed by atoms with van der Waals surface area (Å²) < 4.78 is 27.2. The van der Waals surface area contributed by atoms with Gasteiger partial charge in [0.2, 0.25) is 10.0 Å². The third kappa shape index (κ3) is 4.95. The highest BCUT2D eigenvalue weighted by Crippen LogP contribution is 2.22. The van der Waals surface area contributed by atoms with Gasteiger partial charge in [0.05, 0.1) is 10.8 Å². The van der Waals surface area contributed by atoms with Gasteiger partial charge in [-0.15, -0.1) is 0 Å². The number of carboxylic acids is 1. The summed E-state index contributed by atoms with van der Waals surface area (Å²) in [5, 5.41) is 11.7. The molecule has 1 atom stereocenters. The number of hydrogen-bond donors (Lipinski definition) is 3. The first kappa shape index (κ1) is 20.2. The van der Waals surface area contributed by atoms with Crippen LogP contribution in [0.2, 0.25) is 0 Å². The van der Waals surface area contributed by atoms with E-state index in [4.69, 9.17) is 5.11 Å². The van der Waals surface area contributed by atoms with E-state index in [0.717, 1.165) is 18.4 Å². The van der Waals surface area contributed by atoms with Crippen molar-refractivity contribution in [1.29, 1.82) is 0 Å². The number of carboxylic acid groups (broad SMARTS) is 1. The molecule has 9 heteroatoms. The maximum atomic E-state index is 12.4. The first-order valence-corrected chi connectivity index (χ1v) is 10.1. The predicted octanol–water partition coefficient (Wildman–Crippen LogP) is 2.01. The Balaban J connectivity index is 2.10. The molecule has 26 heavy (non-hydrogen) atoms. The van der Waals surface area contributed by atoms with Gasteiger partial charge in [-0.2, -0.15) is 0 Å². The van der Waals surface area contributed by atoms with Crippen molar-refractivity contribution in [2.45, 2.75) is 38.0 Å². The Labute approximate surface area is 153 Å². The topological polar surface area (TPSA) is 116 Å². The van der Waals surface area contributed by atoms with Crippen LogP contribution in [0.15, 0.2) is 23.1 Å². The van der Waals surface area contributed by atoms with Gasteiger partial charge in [-0.3, -0.25) is 4.79 Å². The summed E-state index contributed by atoms with van der Waals surface area (Å²) in [4.78, 5) is 24.9. The highest BCUT2D eigenvalue weighted by Gasteiger charge is 2.31. The molecule has 1 saturated heterocycles. The number of aliphatic carboxylic acids is 1. The van der Waals surface area contributed by atoms with Gasteiger partial charge >= 0.3 is 12.0 Å². The summed E-state index contributed by atoms with van der Waals surface area (Å²) in [6.07, 6.45) is 2.04. The number of carbonyl (C=O) groups is 2. The number of nitrogens with one attached hydrogen (secondary N) is 2. The Morgan fingerprint density at radius 1 is 1.35 bits per heavy atom. The van der Waals surface area contributed by atoms with Crippen LogP contribution in [0.4, 0.5) is 10.5 Å². The number of amides is 2. The SMILES string of the molecule is CCCCNS(=O)(=O)c1ccc(C)c(NC(=O)N2CCC(C(=O)O)C2)c1. The zero-order valence-electron chi connectivity index (χ0n) is 15.0. The zero-order chi connectivity index (χ0) is 19.3. The predicted molar refractivity (Wildman–Crippen MR) is 97.6 cm³/mol. The number of unbranched alkanes of at least 4 members (excludes halogenated alkanes) is 1. The van der Waals surface area contributed by atoms with Crippen molar-refractivity contribution >= 4 is 27.7 Å². The Bertz CT molecular complexity index is 779. The first-order chi connectivity index (χ1) is 12.2. The molecule has 2 amide bonds. The maximum Gasteiger partial charge on any atom is 0.321 e. The van der Waals surface area contributed by atoms with Gasteiger partial charge in [-0.25, -0.2) is 17.9 Å². The number of rotatable bonds is 7. The van der Waals surface area contributed by atoms with Crippen molar-refractivity contribution in [2.24, 2.45) is 5.92 Å². The molecule has 0 aromatic heterocycles. The van der Waals surface area contributed by atoms with E-state index >= 15 is 0 Å². The monoisotopic (exact) mass is 383 g/mol. The van der Waals surface area contributed by atoms with E-state index in [1.165, 1.54) is 17.0 Å². The van der Waals surface area contributed by atoms with Crippen LogP contribution in [0, 0.1) is 12.8 Å². The summed E-state index contributed by atoms with van der Waals surface area (Å²) in [5.41, 5.74) is 1.12. The summed E-state index contributed by atoms with van der Waals surface area (Å²) in [7, 11) is -3.64. The molecule has 0 spiro atoms. The minimum absolute atomic E-state index is 0.0827. The van der Waals surface area contributed by atoms with Crippen LogP contribution >= 0.6 is 0 Å². The lowest BCUT2D eigenvalue weighted by molar-refractivity contribution is -0.141. The third-order valence-corrected chi connectivity index (χ3v) is 5.87. The van der Waals surface area contributed by atoms with Gasteiger partial charge in [-0.05, 0) is 37.5 Å². The maximum absolute atomic E-state index is 12.4. The second kappa shape index (κ2) is 8.50. The van der Waals surface area contributed by atoms with Gasteiger partial charge in [0.1, 0.15) is 0 Å². The zero-order valence-corrected chi connectivity index (χ0v) is 15.8. The minimum atomic E-state index is -3.64. The highest BCUT2D eigenvalue weighted by atomic mass is 32.2. The number of benzene rings is 1. The van der Waals surface area contributed by atoms with Crippen molar-refractivity contribution in [3.05, 3.63) is 23.8 Å². The van der Waals surface area contributed by atoms with E-state index in [1.54, 1.807) is 13.0 Å². The van der Waals surface area contributed by atoms with E-state index in [0.29, 0.717) is 25.2 Å². The minimum Gasteiger partial charge on any atom is -0.481 e. The number of nitrogens with zero attached hydrogens (tertiary/aromatic N) is 1. The fourth-order valence-electron chi connectivity index (χ4n) is 2.71. The van der Waals surface area contributed by atoms with E-state index < -0.39 is 27.9 Å². The van der Waals surface area contributed by atoms with Gasteiger partial charge in [0, 0.05) is 25.3 Å². The van der Waals surface area contributed by atoms with Crippen molar-refractivity contribution in [3.63, 3.8) is 0 Å². The van der Waals surface area contributed by atoms with Crippen LogP contribution in [0.3, 0.4) is 0 Å².